The summed E-state index contributed by atoms with van der Waals surface area (Å²) in [6.45, 7) is 0.0547. The predicted molar refractivity (Wildman–Crippen MR) is 98.2 cm³/mol. The first-order valence-corrected chi connectivity index (χ1v) is 8.38. The highest BCUT2D eigenvalue weighted by Crippen LogP contribution is 2.25. The smallest absolute Gasteiger partial charge is 0.287 e. The van der Waals surface area contributed by atoms with Gasteiger partial charge in [0, 0.05) is 23.9 Å². The number of pyridine rings is 1. The van der Waals surface area contributed by atoms with Crippen molar-refractivity contribution in [2.45, 2.75) is 6.54 Å². The fraction of sp³-hybridized carbons (Fsp3) is 0.0476. The quantitative estimate of drug-likeness (QED) is 0.590. The van der Waals surface area contributed by atoms with Gasteiger partial charge in [0.1, 0.15) is 11.6 Å². The maximum absolute atomic E-state index is 13.8. The molecule has 0 unspecified atom stereocenters. The van der Waals surface area contributed by atoms with Crippen LogP contribution < -0.4 is 5.32 Å². The second-order valence-electron chi connectivity index (χ2n) is 6.02. The molecule has 2 heterocycles. The van der Waals surface area contributed by atoms with Crippen molar-refractivity contribution in [2.24, 2.45) is 0 Å². The highest BCUT2D eigenvalue weighted by molar-refractivity contribution is 5.94. The van der Waals surface area contributed by atoms with Crippen LogP contribution in [0.5, 0.6) is 0 Å². The van der Waals surface area contributed by atoms with E-state index < -0.39 is 5.91 Å². The monoisotopic (exact) mass is 363 g/mol. The Labute approximate surface area is 154 Å². The van der Waals surface area contributed by atoms with E-state index in [1.54, 1.807) is 47.0 Å². The van der Waals surface area contributed by atoms with Crippen LogP contribution in [-0.4, -0.2) is 15.3 Å². The second-order valence-corrected chi connectivity index (χ2v) is 6.02. The zero-order chi connectivity index (χ0) is 18.8. The zero-order valence-electron chi connectivity index (χ0n) is 14.2. The number of amides is 1. The average molecular weight is 363 g/mol. The molecule has 0 aliphatic heterocycles. The number of carbonyl (C=O) groups excluding carboxylic acids is 1. The van der Waals surface area contributed by atoms with Gasteiger partial charge in [0.2, 0.25) is 5.82 Å². The van der Waals surface area contributed by atoms with E-state index in [9.17, 15) is 13.6 Å². The van der Waals surface area contributed by atoms with Crippen LogP contribution in [0.2, 0.25) is 0 Å². The first-order valence-electron chi connectivity index (χ1n) is 8.38. The third-order valence-electron chi connectivity index (χ3n) is 4.27. The first kappa shape index (κ1) is 16.9. The number of nitrogens with one attached hydrogen (secondary N) is 1. The molecule has 4 rings (SSSR count). The molecule has 1 amide bonds. The standard InChI is InChI=1S/C21H15F2N3O/c22-16-10-8-14(9-11-16)19-18-7-3-4-12-26(18)20(25-19)21(27)24-13-15-5-1-2-6-17(15)23/h1-12H,13H2,(H,24,27). The molecule has 0 saturated heterocycles. The Bertz CT molecular complexity index is 1120. The molecule has 27 heavy (non-hydrogen) atoms. The van der Waals surface area contributed by atoms with Crippen molar-refractivity contribution in [3.63, 3.8) is 0 Å². The highest BCUT2D eigenvalue weighted by Gasteiger charge is 2.18. The SMILES string of the molecule is O=C(NCc1ccccc1F)c1nc(-c2ccc(F)cc2)c2ccccn12. The fourth-order valence-electron chi connectivity index (χ4n) is 2.91. The van der Waals surface area contributed by atoms with Gasteiger partial charge in [0.05, 0.1) is 11.2 Å². The van der Waals surface area contributed by atoms with E-state index in [1.165, 1.54) is 18.2 Å². The van der Waals surface area contributed by atoms with Crippen LogP contribution in [0.1, 0.15) is 16.2 Å². The number of imidazole rings is 1. The van der Waals surface area contributed by atoms with Crippen LogP contribution in [0.15, 0.2) is 72.9 Å². The molecule has 6 heteroatoms. The van der Waals surface area contributed by atoms with Crippen molar-refractivity contribution in [2.75, 3.05) is 0 Å². The van der Waals surface area contributed by atoms with Crippen LogP contribution in [0, 0.1) is 11.6 Å². The highest BCUT2D eigenvalue weighted by atomic mass is 19.1. The number of benzene rings is 2. The Kier molecular flexibility index (Phi) is 4.38. The van der Waals surface area contributed by atoms with Gasteiger partial charge in [-0.25, -0.2) is 13.8 Å². The first-order chi connectivity index (χ1) is 13.1. The maximum atomic E-state index is 13.8. The van der Waals surface area contributed by atoms with Gasteiger partial charge in [-0.1, -0.05) is 24.3 Å². The van der Waals surface area contributed by atoms with E-state index in [0.717, 1.165) is 5.52 Å². The van der Waals surface area contributed by atoms with Gasteiger partial charge in [0.25, 0.3) is 5.91 Å². The van der Waals surface area contributed by atoms with Crippen molar-refractivity contribution in [1.82, 2.24) is 14.7 Å². The van der Waals surface area contributed by atoms with Crippen LogP contribution in [0.25, 0.3) is 16.8 Å². The number of nitrogens with zero attached hydrogens (tertiary/aromatic N) is 2. The molecule has 0 saturated carbocycles. The summed E-state index contributed by atoms with van der Waals surface area (Å²) in [5.41, 5.74) is 2.39. The number of halogens is 2. The summed E-state index contributed by atoms with van der Waals surface area (Å²) in [6.07, 6.45) is 1.73. The molecular weight excluding hydrogens is 348 g/mol. The second kappa shape index (κ2) is 6.99. The molecule has 2 aromatic heterocycles. The molecule has 134 valence electrons. The van der Waals surface area contributed by atoms with Gasteiger partial charge in [-0.15, -0.1) is 0 Å². The topological polar surface area (TPSA) is 46.4 Å². The summed E-state index contributed by atoms with van der Waals surface area (Å²) in [4.78, 5) is 17.1. The number of hydrogen-bond acceptors (Lipinski definition) is 2. The van der Waals surface area contributed by atoms with Gasteiger partial charge in [-0.05, 0) is 42.5 Å². The number of carbonyl (C=O) groups is 1. The molecule has 0 bridgehead atoms. The zero-order valence-corrected chi connectivity index (χ0v) is 14.2. The number of hydrogen-bond donors (Lipinski definition) is 1. The van der Waals surface area contributed by atoms with Crippen LogP contribution in [0.4, 0.5) is 8.78 Å². The third-order valence-corrected chi connectivity index (χ3v) is 4.27. The summed E-state index contributed by atoms with van der Waals surface area (Å²) < 4.78 is 28.6. The molecule has 0 fully saturated rings. The Balaban J connectivity index is 1.68. The lowest BCUT2D eigenvalue weighted by molar-refractivity contribution is 0.0939. The Morgan fingerprint density at radius 2 is 1.70 bits per heavy atom. The summed E-state index contributed by atoms with van der Waals surface area (Å²) in [7, 11) is 0. The molecule has 0 spiro atoms. The number of aromatic nitrogens is 2. The molecule has 4 nitrogen and oxygen atoms in total. The maximum Gasteiger partial charge on any atom is 0.287 e. The Morgan fingerprint density at radius 3 is 2.48 bits per heavy atom. The summed E-state index contributed by atoms with van der Waals surface area (Å²) >= 11 is 0. The van der Waals surface area contributed by atoms with Crippen LogP contribution in [-0.2, 0) is 6.54 Å². The minimum atomic E-state index is -0.423. The van der Waals surface area contributed by atoms with Crippen LogP contribution >= 0.6 is 0 Å². The molecular formula is C21H15F2N3O. The minimum absolute atomic E-state index is 0.0547. The lowest BCUT2D eigenvalue weighted by Gasteiger charge is -2.05. The van der Waals surface area contributed by atoms with E-state index in [1.807, 2.05) is 12.1 Å². The predicted octanol–water partition coefficient (Wildman–Crippen LogP) is 4.21. The number of fused-ring (bicyclic) bond motifs is 1. The lowest BCUT2D eigenvalue weighted by Crippen LogP contribution is -2.25. The van der Waals surface area contributed by atoms with Crippen molar-refractivity contribution in [3.05, 3.63) is 95.9 Å². The van der Waals surface area contributed by atoms with Gasteiger partial charge in [-0.2, -0.15) is 0 Å². The molecule has 0 atom stereocenters. The summed E-state index contributed by atoms with van der Waals surface area (Å²) in [6, 6.07) is 17.7. The minimum Gasteiger partial charge on any atom is -0.345 e. The molecule has 2 aromatic carbocycles. The molecule has 4 aromatic rings. The van der Waals surface area contributed by atoms with Crippen molar-refractivity contribution < 1.29 is 13.6 Å². The van der Waals surface area contributed by atoms with Crippen molar-refractivity contribution in [1.29, 1.82) is 0 Å². The van der Waals surface area contributed by atoms with Crippen LogP contribution in [0.3, 0.4) is 0 Å². The molecule has 0 aliphatic rings. The molecule has 0 radical (unpaired) electrons. The van der Waals surface area contributed by atoms with Gasteiger partial charge in [-0.3, -0.25) is 9.20 Å². The molecule has 0 aliphatic carbocycles. The van der Waals surface area contributed by atoms with Gasteiger partial charge >= 0.3 is 0 Å². The van der Waals surface area contributed by atoms with E-state index in [2.05, 4.69) is 10.3 Å². The summed E-state index contributed by atoms with van der Waals surface area (Å²) in [5.74, 6) is -0.961. The van der Waals surface area contributed by atoms with E-state index in [4.69, 9.17) is 0 Å². The fourth-order valence-corrected chi connectivity index (χ4v) is 2.91. The van der Waals surface area contributed by atoms with Gasteiger partial charge < -0.3 is 5.32 Å². The third kappa shape index (κ3) is 3.29. The lowest BCUT2D eigenvalue weighted by atomic mass is 10.1. The van der Waals surface area contributed by atoms with Crippen molar-refractivity contribution >= 4 is 11.4 Å². The van der Waals surface area contributed by atoms with Crippen molar-refractivity contribution in [3.8, 4) is 11.3 Å². The van der Waals surface area contributed by atoms with E-state index in [0.29, 0.717) is 16.8 Å². The van der Waals surface area contributed by atoms with E-state index in [-0.39, 0.29) is 24.0 Å². The normalized spacial score (nSPS) is 10.9. The Morgan fingerprint density at radius 1 is 0.963 bits per heavy atom. The average Bonchev–Trinajstić information content (AvgIpc) is 3.08. The largest absolute Gasteiger partial charge is 0.345 e. The van der Waals surface area contributed by atoms with Gasteiger partial charge in [0.15, 0.2) is 0 Å². The Hall–Kier alpha value is -3.54. The molecule has 1 N–H and O–H groups in total. The van der Waals surface area contributed by atoms with E-state index >= 15 is 0 Å². The summed E-state index contributed by atoms with van der Waals surface area (Å²) in [5, 5.41) is 2.70. The number of rotatable bonds is 4.